The summed E-state index contributed by atoms with van der Waals surface area (Å²) in [6.07, 6.45) is 3.39. The molecule has 2 unspecified atom stereocenters. The zero-order chi connectivity index (χ0) is 10.2. The van der Waals surface area contributed by atoms with Gasteiger partial charge in [0.05, 0.1) is 5.60 Å². The maximum absolute atomic E-state index is 10.5. The molecule has 2 heterocycles. The van der Waals surface area contributed by atoms with Gasteiger partial charge >= 0.3 is 5.97 Å². The van der Waals surface area contributed by atoms with E-state index in [-0.39, 0.29) is 12.5 Å². The van der Waals surface area contributed by atoms with Crippen molar-refractivity contribution in [2.45, 2.75) is 43.7 Å². The Kier molecular flexibility index (Phi) is 2.49. The van der Waals surface area contributed by atoms with E-state index in [9.17, 15) is 9.90 Å². The van der Waals surface area contributed by atoms with Crippen molar-refractivity contribution in [3.63, 3.8) is 0 Å². The molecule has 2 aliphatic rings. The molecule has 0 amide bonds. The van der Waals surface area contributed by atoms with Gasteiger partial charge < -0.3 is 10.2 Å². The fraction of sp³-hybridized carbons (Fsp3) is 0.900. The standard InChI is InChI=1S/C10H17NO3/c12-9(13)3-4-10(14)5-7-11-6-1-2-8(10)11/h8,14H,1-7H2,(H,12,13). The average molecular weight is 199 g/mol. The lowest BCUT2D eigenvalue weighted by molar-refractivity contribution is -0.138. The minimum atomic E-state index is -0.810. The van der Waals surface area contributed by atoms with E-state index in [0.717, 1.165) is 32.4 Å². The zero-order valence-corrected chi connectivity index (χ0v) is 8.28. The van der Waals surface area contributed by atoms with Crippen molar-refractivity contribution in [2.24, 2.45) is 0 Å². The Labute approximate surface area is 83.5 Å². The molecule has 14 heavy (non-hydrogen) atoms. The molecule has 0 aliphatic carbocycles. The SMILES string of the molecule is O=C(O)CCC1(O)CCN2CCCC21. The van der Waals surface area contributed by atoms with Crippen LogP contribution in [0.5, 0.6) is 0 Å². The summed E-state index contributed by atoms with van der Waals surface area (Å²) in [6, 6.07) is 0.224. The van der Waals surface area contributed by atoms with Crippen LogP contribution in [0.1, 0.15) is 32.1 Å². The summed E-state index contributed by atoms with van der Waals surface area (Å²) in [4.78, 5) is 12.8. The van der Waals surface area contributed by atoms with Crippen molar-refractivity contribution >= 4 is 5.97 Å². The van der Waals surface area contributed by atoms with E-state index in [2.05, 4.69) is 4.90 Å². The van der Waals surface area contributed by atoms with E-state index < -0.39 is 11.6 Å². The third kappa shape index (κ3) is 1.64. The lowest BCUT2D eigenvalue weighted by Gasteiger charge is -2.29. The number of aliphatic carboxylic acids is 1. The topological polar surface area (TPSA) is 60.8 Å². The molecule has 2 fully saturated rings. The summed E-state index contributed by atoms with van der Waals surface area (Å²) in [5.74, 6) is -0.810. The highest BCUT2D eigenvalue weighted by atomic mass is 16.4. The second-order valence-electron chi connectivity index (χ2n) is 4.44. The van der Waals surface area contributed by atoms with Gasteiger partial charge in [0, 0.05) is 19.0 Å². The number of carboxylic acid groups (broad SMARTS) is 1. The molecule has 0 radical (unpaired) electrons. The molecular weight excluding hydrogens is 182 g/mol. The quantitative estimate of drug-likeness (QED) is 0.693. The van der Waals surface area contributed by atoms with Gasteiger partial charge in [0.1, 0.15) is 0 Å². The van der Waals surface area contributed by atoms with Crippen LogP contribution in [-0.4, -0.2) is 45.8 Å². The molecule has 2 N–H and O–H groups in total. The Balaban J connectivity index is 1.97. The number of fused-ring (bicyclic) bond motifs is 1. The zero-order valence-electron chi connectivity index (χ0n) is 8.28. The van der Waals surface area contributed by atoms with Crippen LogP contribution >= 0.6 is 0 Å². The first-order chi connectivity index (χ1) is 6.62. The van der Waals surface area contributed by atoms with Crippen LogP contribution in [0, 0.1) is 0 Å². The second kappa shape index (κ2) is 3.51. The minimum absolute atomic E-state index is 0.0842. The molecule has 4 heteroatoms. The van der Waals surface area contributed by atoms with E-state index >= 15 is 0 Å². The van der Waals surface area contributed by atoms with E-state index in [1.807, 2.05) is 0 Å². The molecule has 2 rings (SSSR count). The Bertz CT molecular complexity index is 244. The molecule has 0 spiro atoms. The summed E-state index contributed by atoms with van der Waals surface area (Å²) in [5, 5.41) is 18.9. The molecule has 0 aromatic carbocycles. The normalized spacial score (nSPS) is 37.4. The summed E-state index contributed by atoms with van der Waals surface area (Å²) in [5.41, 5.74) is -0.727. The Morgan fingerprint density at radius 1 is 1.50 bits per heavy atom. The fourth-order valence-electron chi connectivity index (χ4n) is 2.82. The van der Waals surface area contributed by atoms with Gasteiger partial charge in [-0.2, -0.15) is 0 Å². The lowest BCUT2D eigenvalue weighted by Crippen LogP contribution is -2.41. The van der Waals surface area contributed by atoms with E-state index in [4.69, 9.17) is 5.11 Å². The lowest BCUT2D eigenvalue weighted by atomic mass is 9.88. The molecule has 2 saturated heterocycles. The number of rotatable bonds is 3. The van der Waals surface area contributed by atoms with Crippen LogP contribution in [0.15, 0.2) is 0 Å². The van der Waals surface area contributed by atoms with Crippen LogP contribution in [0.25, 0.3) is 0 Å². The molecular formula is C10H17NO3. The van der Waals surface area contributed by atoms with Crippen LogP contribution in [0.3, 0.4) is 0 Å². The summed E-state index contributed by atoms with van der Waals surface area (Å²) < 4.78 is 0. The second-order valence-corrected chi connectivity index (χ2v) is 4.44. The Morgan fingerprint density at radius 3 is 3.00 bits per heavy atom. The average Bonchev–Trinajstić information content (AvgIpc) is 2.68. The van der Waals surface area contributed by atoms with Gasteiger partial charge in [-0.15, -0.1) is 0 Å². The fourth-order valence-corrected chi connectivity index (χ4v) is 2.82. The van der Waals surface area contributed by atoms with E-state index in [1.54, 1.807) is 0 Å². The van der Waals surface area contributed by atoms with Gasteiger partial charge in [-0.3, -0.25) is 9.69 Å². The van der Waals surface area contributed by atoms with Gasteiger partial charge in [-0.1, -0.05) is 0 Å². The first-order valence-corrected chi connectivity index (χ1v) is 5.30. The highest BCUT2D eigenvalue weighted by Crippen LogP contribution is 2.38. The molecule has 0 saturated carbocycles. The van der Waals surface area contributed by atoms with Crippen LogP contribution in [0.2, 0.25) is 0 Å². The van der Waals surface area contributed by atoms with Crippen LogP contribution in [0.4, 0.5) is 0 Å². The minimum Gasteiger partial charge on any atom is -0.481 e. The molecule has 2 atom stereocenters. The Hall–Kier alpha value is -0.610. The van der Waals surface area contributed by atoms with Crippen molar-refractivity contribution < 1.29 is 15.0 Å². The summed E-state index contributed by atoms with van der Waals surface area (Å²) >= 11 is 0. The van der Waals surface area contributed by atoms with Crippen LogP contribution in [-0.2, 0) is 4.79 Å². The van der Waals surface area contributed by atoms with E-state index in [0.29, 0.717) is 6.42 Å². The summed E-state index contributed by atoms with van der Waals surface area (Å²) in [6.45, 7) is 2.00. The number of hydrogen-bond donors (Lipinski definition) is 2. The monoisotopic (exact) mass is 199 g/mol. The molecule has 0 aromatic rings. The maximum atomic E-state index is 10.5. The van der Waals surface area contributed by atoms with Crippen LogP contribution < -0.4 is 0 Å². The molecule has 80 valence electrons. The number of carbonyl (C=O) groups is 1. The first-order valence-electron chi connectivity index (χ1n) is 5.30. The molecule has 0 aromatic heterocycles. The van der Waals surface area contributed by atoms with Gasteiger partial charge in [0.2, 0.25) is 0 Å². The highest BCUT2D eigenvalue weighted by molar-refractivity contribution is 5.66. The Morgan fingerprint density at radius 2 is 2.29 bits per heavy atom. The predicted molar refractivity (Wildman–Crippen MR) is 51.0 cm³/mol. The van der Waals surface area contributed by atoms with Crippen molar-refractivity contribution in [1.29, 1.82) is 0 Å². The number of carboxylic acids is 1. The maximum Gasteiger partial charge on any atom is 0.303 e. The largest absolute Gasteiger partial charge is 0.481 e. The third-order valence-electron chi connectivity index (χ3n) is 3.59. The van der Waals surface area contributed by atoms with E-state index in [1.165, 1.54) is 0 Å². The van der Waals surface area contributed by atoms with Gasteiger partial charge in [-0.25, -0.2) is 0 Å². The van der Waals surface area contributed by atoms with Gasteiger partial charge in [0.15, 0.2) is 0 Å². The number of hydrogen-bond acceptors (Lipinski definition) is 3. The molecule has 2 aliphatic heterocycles. The van der Waals surface area contributed by atoms with Crippen molar-refractivity contribution in [1.82, 2.24) is 4.90 Å². The van der Waals surface area contributed by atoms with Crippen molar-refractivity contribution in [3.05, 3.63) is 0 Å². The molecule has 4 nitrogen and oxygen atoms in total. The summed E-state index contributed by atoms with van der Waals surface area (Å²) in [7, 11) is 0. The first kappa shape index (κ1) is 9.93. The van der Waals surface area contributed by atoms with Crippen molar-refractivity contribution in [2.75, 3.05) is 13.1 Å². The predicted octanol–water partition coefficient (Wildman–Crippen LogP) is 0.450. The van der Waals surface area contributed by atoms with Gasteiger partial charge in [0.25, 0.3) is 0 Å². The molecule has 0 bridgehead atoms. The van der Waals surface area contributed by atoms with Crippen molar-refractivity contribution in [3.8, 4) is 0 Å². The highest BCUT2D eigenvalue weighted by Gasteiger charge is 2.47. The number of aliphatic hydroxyl groups is 1. The van der Waals surface area contributed by atoms with Gasteiger partial charge in [-0.05, 0) is 32.2 Å². The smallest absolute Gasteiger partial charge is 0.303 e. The third-order valence-corrected chi connectivity index (χ3v) is 3.59. The number of nitrogens with zero attached hydrogens (tertiary/aromatic N) is 1.